The molecule has 1 aliphatic rings. The molecule has 90 valence electrons. The molecule has 0 amide bonds. The molecule has 0 fully saturated rings. The average molecular weight is 256 g/mol. The summed E-state index contributed by atoms with van der Waals surface area (Å²) in [5.41, 5.74) is -0.0299. The Morgan fingerprint density at radius 3 is 2.76 bits per heavy atom. The first kappa shape index (κ1) is 11.5. The van der Waals surface area contributed by atoms with Gasteiger partial charge in [-0.15, -0.1) is 4.40 Å². The molecule has 8 heteroatoms. The van der Waals surface area contributed by atoms with Crippen LogP contribution in [-0.2, 0) is 14.8 Å². The average Bonchev–Trinajstić information content (AvgIpc) is 2.51. The summed E-state index contributed by atoms with van der Waals surface area (Å²) in [6, 6.07) is 3.53. The highest BCUT2D eigenvalue weighted by Gasteiger charge is 2.31. The van der Waals surface area contributed by atoms with Crippen LogP contribution >= 0.6 is 0 Å². The van der Waals surface area contributed by atoms with Gasteiger partial charge in [0.2, 0.25) is 5.90 Å². The highest BCUT2D eigenvalue weighted by atomic mass is 32.2. The molecule has 0 aromatic heterocycles. The van der Waals surface area contributed by atoms with E-state index >= 15 is 0 Å². The fourth-order valence-electron chi connectivity index (χ4n) is 1.46. The molecule has 0 unspecified atom stereocenters. The largest absolute Gasteiger partial charge is 0.477 e. The fraction of sp³-hybridized carbons (Fsp3) is 0.222. The number of sulfonamides is 1. The van der Waals surface area contributed by atoms with Crippen LogP contribution < -0.4 is 0 Å². The number of nitro groups is 1. The first-order chi connectivity index (χ1) is 7.95. The predicted molar refractivity (Wildman–Crippen MR) is 58.4 cm³/mol. The summed E-state index contributed by atoms with van der Waals surface area (Å²) in [6.07, 6.45) is 0. The predicted octanol–water partition coefficient (Wildman–Crippen LogP) is 1.08. The van der Waals surface area contributed by atoms with Crippen LogP contribution in [0, 0.1) is 10.1 Å². The van der Waals surface area contributed by atoms with Gasteiger partial charge in [0.1, 0.15) is 4.90 Å². The van der Waals surface area contributed by atoms with Crippen molar-refractivity contribution in [3.8, 4) is 0 Å². The van der Waals surface area contributed by atoms with E-state index < -0.39 is 14.9 Å². The summed E-state index contributed by atoms with van der Waals surface area (Å²) in [5.74, 6) is -0.0163. The maximum absolute atomic E-state index is 11.6. The van der Waals surface area contributed by atoms with Crippen LogP contribution in [0.2, 0.25) is 0 Å². The lowest BCUT2D eigenvalue weighted by atomic mass is 10.2. The third kappa shape index (κ3) is 1.86. The molecule has 17 heavy (non-hydrogen) atoms. The van der Waals surface area contributed by atoms with Gasteiger partial charge in [-0.25, -0.2) is 0 Å². The van der Waals surface area contributed by atoms with Crippen LogP contribution in [0.15, 0.2) is 27.5 Å². The number of fused-ring (bicyclic) bond motifs is 1. The van der Waals surface area contributed by atoms with Crippen LogP contribution in [0.3, 0.4) is 0 Å². The second-order valence-corrected chi connectivity index (χ2v) is 4.81. The lowest BCUT2D eigenvalue weighted by molar-refractivity contribution is -0.385. The Bertz CT molecular complexity index is 620. The van der Waals surface area contributed by atoms with E-state index in [1.807, 2.05) is 0 Å². The number of non-ortho nitro benzene ring substituents is 1. The standard InChI is InChI=1S/C9H8N2O5S/c1-2-16-9-7-4-3-6(11(12)13)5-8(7)17(14,15)10-9/h3-5H,2H2,1H3. The summed E-state index contributed by atoms with van der Waals surface area (Å²) in [6.45, 7) is 1.96. The van der Waals surface area contributed by atoms with Crippen LogP contribution in [0.4, 0.5) is 5.69 Å². The van der Waals surface area contributed by atoms with Gasteiger partial charge in [-0.05, 0) is 13.0 Å². The quantitative estimate of drug-likeness (QED) is 0.582. The molecule has 0 radical (unpaired) electrons. The molecule has 1 aromatic carbocycles. The zero-order valence-electron chi connectivity index (χ0n) is 8.78. The summed E-state index contributed by atoms with van der Waals surface area (Å²) >= 11 is 0. The molecule has 2 rings (SSSR count). The topological polar surface area (TPSA) is 98.9 Å². The van der Waals surface area contributed by atoms with Crippen molar-refractivity contribution < 1.29 is 18.1 Å². The van der Waals surface area contributed by atoms with Crippen molar-refractivity contribution in [2.75, 3.05) is 6.61 Å². The molecule has 1 aromatic rings. The van der Waals surface area contributed by atoms with E-state index in [0.717, 1.165) is 6.07 Å². The summed E-state index contributed by atoms with van der Waals surface area (Å²) < 4.78 is 31.7. The van der Waals surface area contributed by atoms with Gasteiger partial charge in [-0.1, -0.05) is 0 Å². The zero-order chi connectivity index (χ0) is 12.6. The molecule has 0 saturated carbocycles. The van der Waals surface area contributed by atoms with Crippen molar-refractivity contribution in [2.24, 2.45) is 4.40 Å². The van der Waals surface area contributed by atoms with E-state index in [-0.39, 0.29) is 28.7 Å². The number of nitrogens with zero attached hydrogens (tertiary/aromatic N) is 2. The monoisotopic (exact) mass is 256 g/mol. The van der Waals surface area contributed by atoms with E-state index in [1.165, 1.54) is 12.1 Å². The summed E-state index contributed by atoms with van der Waals surface area (Å²) in [5, 5.41) is 10.6. The maximum Gasteiger partial charge on any atom is 0.286 e. The highest BCUT2D eigenvalue weighted by Crippen LogP contribution is 2.30. The number of hydrogen-bond acceptors (Lipinski definition) is 5. The molecule has 0 spiro atoms. The Morgan fingerprint density at radius 2 is 2.18 bits per heavy atom. The lowest BCUT2D eigenvalue weighted by Crippen LogP contribution is -2.03. The Labute approximate surface area is 96.9 Å². The molecule has 1 heterocycles. The maximum atomic E-state index is 11.6. The summed E-state index contributed by atoms with van der Waals surface area (Å²) in [7, 11) is -3.87. The Balaban J connectivity index is 2.60. The van der Waals surface area contributed by atoms with Gasteiger partial charge in [0.25, 0.3) is 15.7 Å². The van der Waals surface area contributed by atoms with Gasteiger partial charge in [0.15, 0.2) is 0 Å². The number of hydrogen-bond donors (Lipinski definition) is 0. The third-order valence-corrected chi connectivity index (χ3v) is 3.47. The van der Waals surface area contributed by atoms with Crippen molar-refractivity contribution in [1.29, 1.82) is 0 Å². The van der Waals surface area contributed by atoms with E-state index in [4.69, 9.17) is 4.74 Å². The van der Waals surface area contributed by atoms with Gasteiger partial charge in [0.05, 0.1) is 17.1 Å². The van der Waals surface area contributed by atoms with Gasteiger partial charge < -0.3 is 4.74 Å². The number of nitro benzene ring substituents is 1. The van der Waals surface area contributed by atoms with Crippen molar-refractivity contribution in [3.63, 3.8) is 0 Å². The van der Waals surface area contributed by atoms with Crippen molar-refractivity contribution >= 4 is 21.6 Å². The van der Waals surface area contributed by atoms with E-state index in [1.54, 1.807) is 6.92 Å². The molecule has 0 saturated heterocycles. The summed E-state index contributed by atoms with van der Waals surface area (Å²) in [4.78, 5) is 9.72. The molecule has 0 bridgehead atoms. The number of ether oxygens (including phenoxy) is 1. The molecule has 0 N–H and O–H groups in total. The van der Waals surface area contributed by atoms with Gasteiger partial charge >= 0.3 is 0 Å². The molecule has 0 aliphatic carbocycles. The normalized spacial score (nSPS) is 16.2. The van der Waals surface area contributed by atoms with Crippen molar-refractivity contribution in [1.82, 2.24) is 0 Å². The fourth-order valence-corrected chi connectivity index (χ4v) is 2.63. The molecular formula is C9H8N2O5S. The Hall–Kier alpha value is -1.96. The zero-order valence-corrected chi connectivity index (χ0v) is 9.60. The minimum absolute atomic E-state index is 0.0163. The van der Waals surface area contributed by atoms with Crippen LogP contribution in [0.25, 0.3) is 0 Å². The lowest BCUT2D eigenvalue weighted by Gasteiger charge is -2.01. The number of rotatable bonds is 2. The smallest absolute Gasteiger partial charge is 0.286 e. The first-order valence-electron chi connectivity index (χ1n) is 4.72. The van der Waals surface area contributed by atoms with E-state index in [9.17, 15) is 18.5 Å². The third-order valence-electron chi connectivity index (χ3n) is 2.17. The van der Waals surface area contributed by atoms with E-state index in [2.05, 4.69) is 4.40 Å². The van der Waals surface area contributed by atoms with Gasteiger partial charge in [-0.3, -0.25) is 10.1 Å². The van der Waals surface area contributed by atoms with Crippen LogP contribution in [-0.4, -0.2) is 25.8 Å². The molecular weight excluding hydrogens is 248 g/mol. The Kier molecular flexibility index (Phi) is 2.58. The van der Waals surface area contributed by atoms with Crippen molar-refractivity contribution in [2.45, 2.75) is 11.8 Å². The van der Waals surface area contributed by atoms with Crippen molar-refractivity contribution in [3.05, 3.63) is 33.9 Å². The first-order valence-corrected chi connectivity index (χ1v) is 6.16. The highest BCUT2D eigenvalue weighted by molar-refractivity contribution is 7.90. The van der Waals surface area contributed by atoms with E-state index in [0.29, 0.717) is 0 Å². The minimum Gasteiger partial charge on any atom is -0.477 e. The second kappa shape index (κ2) is 3.81. The Morgan fingerprint density at radius 1 is 1.47 bits per heavy atom. The van der Waals surface area contributed by atoms with Gasteiger partial charge in [-0.2, -0.15) is 8.42 Å². The minimum atomic E-state index is -3.87. The van der Waals surface area contributed by atoms with Gasteiger partial charge in [0, 0.05) is 12.1 Å². The SMILES string of the molecule is CCOC1=NS(=O)(=O)c2cc([N+](=O)[O-])ccc21. The second-order valence-electron chi connectivity index (χ2n) is 3.24. The molecule has 0 atom stereocenters. The van der Waals surface area contributed by atoms with Crippen LogP contribution in [0.1, 0.15) is 12.5 Å². The van der Waals surface area contributed by atoms with Crippen LogP contribution in [0.5, 0.6) is 0 Å². The number of benzene rings is 1. The molecule has 1 aliphatic heterocycles. The molecule has 7 nitrogen and oxygen atoms in total.